The van der Waals surface area contributed by atoms with Crippen molar-refractivity contribution in [2.24, 2.45) is 5.92 Å². The van der Waals surface area contributed by atoms with Crippen molar-refractivity contribution in [3.8, 4) is 0 Å². The number of rotatable bonds is 6. The van der Waals surface area contributed by atoms with E-state index in [2.05, 4.69) is 20.8 Å². The molecule has 0 nitrogen and oxygen atoms in total. The van der Waals surface area contributed by atoms with E-state index in [1.165, 1.54) is 32.1 Å². The second-order valence-electron chi connectivity index (χ2n) is 3.45. The predicted octanol–water partition coefficient (Wildman–Crippen LogP) is 3.82. The zero-order chi connectivity index (χ0) is 7.82. The first-order chi connectivity index (χ1) is 4.77. The minimum Gasteiger partial charge on any atom is -0.0628 e. The molecule has 0 fully saturated rings. The Morgan fingerprint density at radius 2 is 1.60 bits per heavy atom. The highest BCUT2D eigenvalue weighted by Crippen LogP contribution is 2.09. The van der Waals surface area contributed by atoms with Crippen molar-refractivity contribution in [3.05, 3.63) is 6.92 Å². The van der Waals surface area contributed by atoms with Crippen LogP contribution in [0.5, 0.6) is 0 Å². The molecule has 0 bridgehead atoms. The standard InChI is InChI=1S/C10H21/c1-4-5-6-7-8-9-10(2)3/h10H,1,4-9H2,2-3H3. The number of unbranched alkanes of at least 4 members (excludes halogenated alkanes) is 4. The second-order valence-corrected chi connectivity index (χ2v) is 3.45. The molecular formula is C10H21. The largest absolute Gasteiger partial charge is 0.0628 e. The molecule has 1 radical (unpaired) electrons. The summed E-state index contributed by atoms with van der Waals surface area (Å²) in [6, 6.07) is 0. The van der Waals surface area contributed by atoms with Crippen molar-refractivity contribution in [1.29, 1.82) is 0 Å². The number of hydrogen-bond donors (Lipinski definition) is 0. The van der Waals surface area contributed by atoms with Crippen LogP contribution in [0.4, 0.5) is 0 Å². The van der Waals surface area contributed by atoms with Gasteiger partial charge in [-0.05, 0) is 5.92 Å². The molecule has 0 spiro atoms. The second kappa shape index (κ2) is 7.11. The lowest BCUT2D eigenvalue weighted by atomic mass is 10.0. The normalized spacial score (nSPS) is 10.8. The first-order valence-corrected chi connectivity index (χ1v) is 4.56. The Morgan fingerprint density at radius 3 is 2.10 bits per heavy atom. The highest BCUT2D eigenvalue weighted by atomic mass is 14.0. The monoisotopic (exact) mass is 141 g/mol. The molecule has 0 unspecified atom stereocenters. The van der Waals surface area contributed by atoms with E-state index in [-0.39, 0.29) is 0 Å². The van der Waals surface area contributed by atoms with Gasteiger partial charge < -0.3 is 0 Å². The quantitative estimate of drug-likeness (QED) is 0.493. The van der Waals surface area contributed by atoms with E-state index in [0.717, 1.165) is 12.3 Å². The average Bonchev–Trinajstić information content (AvgIpc) is 1.87. The van der Waals surface area contributed by atoms with Gasteiger partial charge in [-0.25, -0.2) is 0 Å². The Labute approximate surface area is 66.0 Å². The lowest BCUT2D eigenvalue weighted by Gasteiger charge is -2.02. The van der Waals surface area contributed by atoms with Crippen LogP contribution in [-0.4, -0.2) is 0 Å². The van der Waals surface area contributed by atoms with Gasteiger partial charge in [0.15, 0.2) is 0 Å². The Balaban J connectivity index is 2.77. The zero-order valence-corrected chi connectivity index (χ0v) is 7.53. The third-order valence-corrected chi connectivity index (χ3v) is 1.78. The van der Waals surface area contributed by atoms with Gasteiger partial charge in [-0.1, -0.05) is 59.3 Å². The Kier molecular flexibility index (Phi) is 7.11. The van der Waals surface area contributed by atoms with E-state index >= 15 is 0 Å². The van der Waals surface area contributed by atoms with Gasteiger partial charge in [0.05, 0.1) is 0 Å². The summed E-state index contributed by atoms with van der Waals surface area (Å²) >= 11 is 0. The molecule has 0 aromatic carbocycles. The Bertz CT molecular complexity index is 55.1. The summed E-state index contributed by atoms with van der Waals surface area (Å²) in [5, 5.41) is 0. The van der Waals surface area contributed by atoms with Gasteiger partial charge in [0.25, 0.3) is 0 Å². The third kappa shape index (κ3) is 8.00. The minimum atomic E-state index is 0.889. The topological polar surface area (TPSA) is 0 Å². The van der Waals surface area contributed by atoms with Crippen molar-refractivity contribution in [3.63, 3.8) is 0 Å². The fourth-order valence-electron chi connectivity index (χ4n) is 1.08. The molecule has 0 amide bonds. The Hall–Kier alpha value is 0. The fourth-order valence-corrected chi connectivity index (χ4v) is 1.08. The molecule has 10 heavy (non-hydrogen) atoms. The van der Waals surface area contributed by atoms with Gasteiger partial charge in [0, 0.05) is 0 Å². The number of hydrogen-bond acceptors (Lipinski definition) is 0. The summed E-state index contributed by atoms with van der Waals surface area (Å²) in [5.41, 5.74) is 0. The van der Waals surface area contributed by atoms with Gasteiger partial charge in [0.2, 0.25) is 0 Å². The van der Waals surface area contributed by atoms with Crippen LogP contribution in [0.25, 0.3) is 0 Å². The van der Waals surface area contributed by atoms with Gasteiger partial charge in [-0.15, -0.1) is 0 Å². The van der Waals surface area contributed by atoms with E-state index in [1.807, 2.05) is 0 Å². The van der Waals surface area contributed by atoms with E-state index in [9.17, 15) is 0 Å². The van der Waals surface area contributed by atoms with Crippen LogP contribution in [0.2, 0.25) is 0 Å². The maximum absolute atomic E-state index is 3.82. The zero-order valence-electron chi connectivity index (χ0n) is 7.53. The van der Waals surface area contributed by atoms with Crippen molar-refractivity contribution in [1.82, 2.24) is 0 Å². The van der Waals surface area contributed by atoms with E-state index in [1.54, 1.807) is 0 Å². The smallest absolute Gasteiger partial charge is 0.0471 e. The first kappa shape index (κ1) is 10.0. The molecule has 0 saturated carbocycles. The maximum atomic E-state index is 3.82. The van der Waals surface area contributed by atoms with Crippen LogP contribution >= 0.6 is 0 Å². The van der Waals surface area contributed by atoms with E-state index < -0.39 is 0 Å². The predicted molar refractivity (Wildman–Crippen MR) is 47.9 cm³/mol. The molecule has 0 rings (SSSR count). The highest BCUT2D eigenvalue weighted by Gasteiger charge is 1.92. The molecule has 0 aromatic heterocycles. The molecule has 0 heterocycles. The third-order valence-electron chi connectivity index (χ3n) is 1.78. The molecule has 0 N–H and O–H groups in total. The molecule has 0 atom stereocenters. The van der Waals surface area contributed by atoms with Gasteiger partial charge in [-0.3, -0.25) is 0 Å². The summed E-state index contributed by atoms with van der Waals surface area (Å²) in [6.07, 6.45) is 8.04. The minimum absolute atomic E-state index is 0.889. The molecular weight excluding hydrogens is 120 g/mol. The summed E-state index contributed by atoms with van der Waals surface area (Å²) in [5.74, 6) is 0.889. The fraction of sp³-hybridized carbons (Fsp3) is 0.900. The highest BCUT2D eigenvalue weighted by molar-refractivity contribution is 4.48. The van der Waals surface area contributed by atoms with Crippen molar-refractivity contribution in [2.45, 2.75) is 52.4 Å². The van der Waals surface area contributed by atoms with Crippen LogP contribution in [0.1, 0.15) is 52.4 Å². The molecule has 0 aliphatic rings. The molecule has 0 aliphatic heterocycles. The Morgan fingerprint density at radius 1 is 1.00 bits per heavy atom. The van der Waals surface area contributed by atoms with E-state index in [4.69, 9.17) is 0 Å². The van der Waals surface area contributed by atoms with Crippen LogP contribution in [0, 0.1) is 12.8 Å². The molecule has 0 saturated heterocycles. The van der Waals surface area contributed by atoms with Crippen LogP contribution in [0.15, 0.2) is 0 Å². The van der Waals surface area contributed by atoms with Crippen LogP contribution in [0.3, 0.4) is 0 Å². The molecule has 0 aromatic rings. The van der Waals surface area contributed by atoms with Crippen molar-refractivity contribution < 1.29 is 0 Å². The summed E-state index contributed by atoms with van der Waals surface area (Å²) in [7, 11) is 0. The first-order valence-electron chi connectivity index (χ1n) is 4.56. The van der Waals surface area contributed by atoms with Crippen molar-refractivity contribution in [2.75, 3.05) is 0 Å². The van der Waals surface area contributed by atoms with Crippen molar-refractivity contribution >= 4 is 0 Å². The summed E-state index contributed by atoms with van der Waals surface area (Å²) < 4.78 is 0. The SMILES string of the molecule is [CH2]CCCCCCC(C)C. The van der Waals surface area contributed by atoms with Crippen LogP contribution < -0.4 is 0 Å². The van der Waals surface area contributed by atoms with Gasteiger partial charge in [0.1, 0.15) is 0 Å². The summed E-state index contributed by atoms with van der Waals surface area (Å²) in [6.45, 7) is 8.40. The average molecular weight is 141 g/mol. The van der Waals surface area contributed by atoms with Gasteiger partial charge in [-0.2, -0.15) is 0 Å². The van der Waals surface area contributed by atoms with E-state index in [0.29, 0.717) is 0 Å². The lowest BCUT2D eigenvalue weighted by Crippen LogP contribution is -1.86. The lowest BCUT2D eigenvalue weighted by molar-refractivity contribution is 0.521. The summed E-state index contributed by atoms with van der Waals surface area (Å²) in [4.78, 5) is 0. The molecule has 0 heteroatoms. The van der Waals surface area contributed by atoms with Gasteiger partial charge >= 0.3 is 0 Å². The van der Waals surface area contributed by atoms with Crippen LogP contribution in [-0.2, 0) is 0 Å². The molecule has 61 valence electrons. The molecule has 0 aliphatic carbocycles. The maximum Gasteiger partial charge on any atom is -0.0471 e.